The number of aryl methyl sites for hydroxylation is 1. The minimum Gasteiger partial charge on any atom is -0.398 e. The molecule has 0 saturated carbocycles. The van der Waals surface area contributed by atoms with Gasteiger partial charge in [0.1, 0.15) is 0 Å². The van der Waals surface area contributed by atoms with Gasteiger partial charge in [-0.1, -0.05) is 38.8 Å². The van der Waals surface area contributed by atoms with Crippen LogP contribution in [0.5, 0.6) is 0 Å². The van der Waals surface area contributed by atoms with Crippen LogP contribution in [0.1, 0.15) is 5.56 Å². The SMILES string of the molecule is Cc1ccc(-c2noc(-c3ccc(Cl)cc3N)n2)c(Br)c1. The molecule has 4 nitrogen and oxygen atoms in total. The number of nitrogen functional groups attached to an aromatic ring is 1. The van der Waals surface area contributed by atoms with E-state index in [2.05, 4.69) is 26.1 Å². The summed E-state index contributed by atoms with van der Waals surface area (Å²) in [6, 6.07) is 11.1. The second kappa shape index (κ2) is 5.50. The Morgan fingerprint density at radius 2 is 1.90 bits per heavy atom. The van der Waals surface area contributed by atoms with Gasteiger partial charge in [-0.15, -0.1) is 0 Å². The minimum atomic E-state index is 0.367. The summed E-state index contributed by atoms with van der Waals surface area (Å²) in [4.78, 5) is 4.40. The van der Waals surface area contributed by atoms with Crippen LogP contribution < -0.4 is 5.73 Å². The number of rotatable bonds is 2. The molecule has 6 heteroatoms. The predicted octanol–water partition coefficient (Wildman–Crippen LogP) is 4.71. The molecule has 0 saturated heterocycles. The topological polar surface area (TPSA) is 64.9 Å². The molecule has 0 unspecified atom stereocenters. The molecule has 1 heterocycles. The van der Waals surface area contributed by atoms with Crippen molar-refractivity contribution in [1.29, 1.82) is 0 Å². The third-order valence-electron chi connectivity index (χ3n) is 3.04. The zero-order chi connectivity index (χ0) is 15.0. The zero-order valence-electron chi connectivity index (χ0n) is 11.1. The van der Waals surface area contributed by atoms with Crippen molar-refractivity contribution >= 4 is 33.2 Å². The van der Waals surface area contributed by atoms with E-state index in [1.807, 2.05) is 25.1 Å². The summed E-state index contributed by atoms with van der Waals surface area (Å²) in [6.07, 6.45) is 0. The molecule has 0 spiro atoms. The number of anilines is 1. The average Bonchev–Trinajstić information content (AvgIpc) is 2.87. The van der Waals surface area contributed by atoms with Gasteiger partial charge in [0.25, 0.3) is 5.89 Å². The van der Waals surface area contributed by atoms with Gasteiger partial charge in [0, 0.05) is 20.7 Å². The van der Waals surface area contributed by atoms with Gasteiger partial charge in [-0.2, -0.15) is 4.98 Å². The maximum Gasteiger partial charge on any atom is 0.260 e. The highest BCUT2D eigenvalue weighted by molar-refractivity contribution is 9.10. The van der Waals surface area contributed by atoms with Crippen molar-refractivity contribution in [1.82, 2.24) is 10.1 Å². The molecule has 0 bridgehead atoms. The summed E-state index contributed by atoms with van der Waals surface area (Å²) in [5.74, 6) is 0.873. The van der Waals surface area contributed by atoms with E-state index in [4.69, 9.17) is 21.9 Å². The van der Waals surface area contributed by atoms with Gasteiger partial charge in [-0.3, -0.25) is 0 Å². The lowest BCUT2D eigenvalue weighted by Crippen LogP contribution is -1.90. The van der Waals surface area contributed by atoms with Gasteiger partial charge in [0.2, 0.25) is 5.82 Å². The zero-order valence-corrected chi connectivity index (χ0v) is 13.4. The van der Waals surface area contributed by atoms with Crippen molar-refractivity contribution in [2.45, 2.75) is 6.92 Å². The molecule has 2 aromatic carbocycles. The van der Waals surface area contributed by atoms with Gasteiger partial charge in [-0.05, 0) is 42.8 Å². The Bertz CT molecular complexity index is 750. The van der Waals surface area contributed by atoms with Gasteiger partial charge < -0.3 is 10.3 Å². The predicted molar refractivity (Wildman–Crippen MR) is 87.0 cm³/mol. The molecule has 0 aliphatic heterocycles. The molecule has 2 N–H and O–H groups in total. The molecule has 1 aromatic heterocycles. The molecule has 0 fully saturated rings. The van der Waals surface area contributed by atoms with Crippen LogP contribution in [-0.2, 0) is 0 Å². The fraction of sp³-hybridized carbons (Fsp3) is 0.0667. The standard InChI is InChI=1S/C15H11BrClN3O/c1-8-2-4-10(12(16)6-8)14-19-15(21-20-14)11-5-3-9(17)7-13(11)18/h2-7H,18H2,1H3. The van der Waals surface area contributed by atoms with E-state index < -0.39 is 0 Å². The largest absolute Gasteiger partial charge is 0.398 e. The Morgan fingerprint density at radius 3 is 2.62 bits per heavy atom. The van der Waals surface area contributed by atoms with E-state index >= 15 is 0 Å². The van der Waals surface area contributed by atoms with Crippen molar-refractivity contribution in [3.8, 4) is 22.8 Å². The summed E-state index contributed by atoms with van der Waals surface area (Å²) < 4.78 is 6.22. The first-order chi connectivity index (χ1) is 10.0. The van der Waals surface area contributed by atoms with Crippen molar-refractivity contribution in [3.63, 3.8) is 0 Å². The monoisotopic (exact) mass is 363 g/mol. The van der Waals surface area contributed by atoms with Crippen LogP contribution in [0, 0.1) is 6.92 Å². The Labute approximate surface area is 135 Å². The van der Waals surface area contributed by atoms with Gasteiger partial charge in [-0.25, -0.2) is 0 Å². The third-order valence-corrected chi connectivity index (χ3v) is 3.93. The van der Waals surface area contributed by atoms with E-state index in [1.165, 1.54) is 0 Å². The molecule has 106 valence electrons. The fourth-order valence-electron chi connectivity index (χ4n) is 1.97. The maximum absolute atomic E-state index is 5.93. The number of nitrogens with two attached hydrogens (primary N) is 1. The van der Waals surface area contributed by atoms with Crippen molar-refractivity contribution in [3.05, 3.63) is 51.5 Å². The van der Waals surface area contributed by atoms with Crippen LogP contribution in [0.4, 0.5) is 5.69 Å². The molecule has 0 aliphatic carbocycles. The lowest BCUT2D eigenvalue weighted by atomic mass is 10.1. The number of aromatic nitrogens is 2. The van der Waals surface area contributed by atoms with Crippen LogP contribution in [0.3, 0.4) is 0 Å². The molecule has 0 amide bonds. The summed E-state index contributed by atoms with van der Waals surface area (Å²) in [5, 5.41) is 4.58. The van der Waals surface area contributed by atoms with E-state index in [0.717, 1.165) is 15.6 Å². The molecule has 0 radical (unpaired) electrons. The maximum atomic E-state index is 5.93. The molecular formula is C15H11BrClN3O. The molecule has 3 aromatic rings. The number of hydrogen-bond acceptors (Lipinski definition) is 4. The van der Waals surface area contributed by atoms with Crippen molar-refractivity contribution < 1.29 is 4.52 Å². The van der Waals surface area contributed by atoms with Crippen LogP contribution in [0.15, 0.2) is 45.4 Å². The summed E-state index contributed by atoms with van der Waals surface area (Å²) >= 11 is 9.40. The molecule has 21 heavy (non-hydrogen) atoms. The number of nitrogens with zero attached hydrogens (tertiary/aromatic N) is 2. The van der Waals surface area contributed by atoms with Gasteiger partial charge in [0.05, 0.1) is 5.56 Å². The van der Waals surface area contributed by atoms with Crippen LogP contribution in [0.25, 0.3) is 22.8 Å². The first kappa shape index (κ1) is 14.1. The molecule has 0 atom stereocenters. The number of halogens is 2. The van der Waals surface area contributed by atoms with Crippen molar-refractivity contribution in [2.24, 2.45) is 0 Å². The average molecular weight is 365 g/mol. The first-order valence-corrected chi connectivity index (χ1v) is 7.37. The Hall–Kier alpha value is -1.85. The van der Waals surface area contributed by atoms with E-state index in [1.54, 1.807) is 18.2 Å². The van der Waals surface area contributed by atoms with Crippen LogP contribution >= 0.6 is 27.5 Å². The second-order valence-electron chi connectivity index (χ2n) is 4.64. The highest BCUT2D eigenvalue weighted by Gasteiger charge is 2.15. The lowest BCUT2D eigenvalue weighted by Gasteiger charge is -2.01. The summed E-state index contributed by atoms with van der Waals surface area (Å²) in [6.45, 7) is 2.02. The highest BCUT2D eigenvalue weighted by atomic mass is 79.9. The van der Waals surface area contributed by atoms with E-state index in [9.17, 15) is 0 Å². The van der Waals surface area contributed by atoms with Crippen LogP contribution in [0.2, 0.25) is 5.02 Å². The molecule has 3 rings (SSSR count). The third kappa shape index (κ3) is 2.80. The number of benzene rings is 2. The Morgan fingerprint density at radius 1 is 1.14 bits per heavy atom. The Balaban J connectivity index is 2.03. The number of hydrogen-bond donors (Lipinski definition) is 1. The Kier molecular flexibility index (Phi) is 3.69. The molecular weight excluding hydrogens is 354 g/mol. The van der Waals surface area contributed by atoms with Gasteiger partial charge >= 0.3 is 0 Å². The van der Waals surface area contributed by atoms with Gasteiger partial charge in [0.15, 0.2) is 0 Å². The minimum absolute atomic E-state index is 0.367. The smallest absolute Gasteiger partial charge is 0.260 e. The normalized spacial score (nSPS) is 10.8. The molecule has 0 aliphatic rings. The quantitative estimate of drug-likeness (QED) is 0.669. The summed E-state index contributed by atoms with van der Waals surface area (Å²) in [5.41, 5.74) is 9.11. The first-order valence-electron chi connectivity index (χ1n) is 6.20. The second-order valence-corrected chi connectivity index (χ2v) is 5.93. The lowest BCUT2D eigenvalue weighted by molar-refractivity contribution is 0.432. The van der Waals surface area contributed by atoms with Crippen molar-refractivity contribution in [2.75, 3.05) is 5.73 Å². The van der Waals surface area contributed by atoms with Crippen LogP contribution in [-0.4, -0.2) is 10.1 Å². The van der Waals surface area contributed by atoms with E-state index in [-0.39, 0.29) is 0 Å². The summed E-state index contributed by atoms with van der Waals surface area (Å²) in [7, 11) is 0. The van der Waals surface area contributed by atoms with E-state index in [0.29, 0.717) is 28.0 Å². The fourth-order valence-corrected chi connectivity index (χ4v) is 2.82. The highest BCUT2D eigenvalue weighted by Crippen LogP contribution is 2.31.